The summed E-state index contributed by atoms with van der Waals surface area (Å²) >= 11 is 0. The molecule has 1 aromatic rings. The number of carbonyl (C=O) groups is 4. The van der Waals surface area contributed by atoms with Gasteiger partial charge in [-0.05, 0) is 5.56 Å². The van der Waals surface area contributed by atoms with E-state index < -0.39 is 17.9 Å². The van der Waals surface area contributed by atoms with Crippen molar-refractivity contribution in [1.82, 2.24) is 24.9 Å². The Bertz CT molecular complexity index is 798. The van der Waals surface area contributed by atoms with Crippen LogP contribution in [-0.4, -0.2) is 131 Å². The molecule has 35 heavy (non-hydrogen) atoms. The molecule has 0 spiro atoms. The maximum absolute atomic E-state index is 12.9. The summed E-state index contributed by atoms with van der Waals surface area (Å²) in [4.78, 5) is 53.3. The van der Waals surface area contributed by atoms with Gasteiger partial charge in [-0.1, -0.05) is 30.3 Å². The van der Waals surface area contributed by atoms with Crippen LogP contribution in [0.4, 0.5) is 4.79 Å². The number of urea groups is 1. The summed E-state index contributed by atoms with van der Waals surface area (Å²) in [6, 6.07) is 9.09. The quantitative estimate of drug-likeness (QED) is 0.290. The predicted molar refractivity (Wildman–Crippen MR) is 122 cm³/mol. The third-order valence-electron chi connectivity index (χ3n) is 5.49. The van der Waals surface area contributed by atoms with Crippen molar-refractivity contribution in [2.45, 2.75) is 6.54 Å². The zero-order chi connectivity index (χ0) is 24.9. The molecule has 0 atom stereocenters. The first-order valence-corrected chi connectivity index (χ1v) is 11.1. The molecule has 0 aromatic heterocycles. The van der Waals surface area contributed by atoms with Gasteiger partial charge in [-0.25, -0.2) is 4.79 Å². The number of amides is 2. The van der Waals surface area contributed by atoms with E-state index in [2.05, 4.69) is 5.32 Å². The van der Waals surface area contributed by atoms with E-state index in [0.29, 0.717) is 32.7 Å². The normalized spacial score (nSPS) is 16.9. The van der Waals surface area contributed by atoms with Crippen molar-refractivity contribution in [2.75, 3.05) is 72.0 Å². The summed E-state index contributed by atoms with van der Waals surface area (Å²) in [5.41, 5.74) is 0.934. The Kier molecular flexibility index (Phi) is 14.9. The van der Waals surface area contributed by atoms with Crippen LogP contribution in [0.1, 0.15) is 5.56 Å². The fourth-order valence-corrected chi connectivity index (χ4v) is 3.67. The number of nitrogens with zero attached hydrogens (tertiary/aromatic N) is 4. The maximum atomic E-state index is 12.9. The molecule has 0 saturated carbocycles. The molecule has 1 fully saturated rings. The maximum Gasteiger partial charge on any atom is 0.317 e. The van der Waals surface area contributed by atoms with E-state index in [9.17, 15) is 34.5 Å². The third-order valence-corrected chi connectivity index (χ3v) is 5.49. The van der Waals surface area contributed by atoms with E-state index in [1.54, 1.807) is 19.6 Å². The molecule has 1 heterocycles. The summed E-state index contributed by atoms with van der Waals surface area (Å²) in [7, 11) is 0. The number of nitrogens with one attached hydrogen (secondary N) is 1. The van der Waals surface area contributed by atoms with E-state index in [1.165, 1.54) is 0 Å². The van der Waals surface area contributed by atoms with Crippen molar-refractivity contribution in [3.8, 4) is 0 Å². The predicted octanol–water partition coefficient (Wildman–Crippen LogP) is -0.628. The molecule has 4 N–H and O–H groups in total. The van der Waals surface area contributed by atoms with Crippen molar-refractivity contribution >= 4 is 23.9 Å². The second-order valence-corrected chi connectivity index (χ2v) is 8.14. The smallest absolute Gasteiger partial charge is 0.317 e. The first-order chi connectivity index (χ1) is 16.2. The molecule has 1 saturated heterocycles. The molecule has 2 rings (SSSR count). The minimum atomic E-state index is -1.01. The molecule has 1 aromatic carbocycles. The Balaban J connectivity index is 0.00000612. The van der Waals surface area contributed by atoms with Gasteiger partial charge in [0.25, 0.3) is 0 Å². The Morgan fingerprint density at radius 2 is 1.03 bits per heavy atom. The Morgan fingerprint density at radius 3 is 1.40 bits per heavy atom. The van der Waals surface area contributed by atoms with Crippen LogP contribution in [0, 0.1) is 39.9 Å². The summed E-state index contributed by atoms with van der Waals surface area (Å²) in [5, 5.41) is 30.6. The number of benzene rings is 1. The first-order valence-electron chi connectivity index (χ1n) is 11.1. The van der Waals surface area contributed by atoms with E-state index in [0.717, 1.165) is 5.56 Å². The third kappa shape index (κ3) is 13.1. The van der Waals surface area contributed by atoms with Gasteiger partial charge in [0.2, 0.25) is 0 Å². The number of rotatable bonds is 8. The number of carboxylic acids is 3. The molecule has 0 unspecified atom stereocenters. The fraction of sp³-hybridized carbons (Fsp3) is 0.545. The molecular weight excluding hydrogens is 604 g/mol. The average Bonchev–Trinajstić information content (AvgIpc) is 2.77. The van der Waals surface area contributed by atoms with Crippen LogP contribution in [0.5, 0.6) is 0 Å². The minimum Gasteiger partial charge on any atom is -0.480 e. The molecule has 2 amide bonds. The largest absolute Gasteiger partial charge is 0.480 e. The van der Waals surface area contributed by atoms with Crippen LogP contribution < -0.4 is 5.32 Å². The molecule has 0 aliphatic carbocycles. The SMILES string of the molecule is O=C(O)CN1CCN(CC(=O)O)CCN(C(=O)NCc2ccccc2)CCN(CC(=O)O)CC1.[Gd]. The van der Waals surface area contributed by atoms with Gasteiger partial charge in [-0.3, -0.25) is 29.1 Å². The molecule has 0 radical (unpaired) electrons. The van der Waals surface area contributed by atoms with E-state index >= 15 is 0 Å². The molecule has 1 aliphatic heterocycles. The van der Waals surface area contributed by atoms with Crippen molar-refractivity contribution in [3.05, 3.63) is 35.9 Å². The van der Waals surface area contributed by atoms with Gasteiger partial charge in [0.1, 0.15) is 0 Å². The molecule has 12 nitrogen and oxygen atoms in total. The Morgan fingerprint density at radius 1 is 0.657 bits per heavy atom. The summed E-state index contributed by atoms with van der Waals surface area (Å²) in [6.07, 6.45) is 0. The van der Waals surface area contributed by atoms with Crippen LogP contribution >= 0.6 is 0 Å². The van der Waals surface area contributed by atoms with Gasteiger partial charge >= 0.3 is 23.9 Å². The standard InChI is InChI=1S/C22H33N5O7.Gd/c28-19(29)15-24-6-8-25(16-20(30)31)10-12-27(13-11-26(9-7-24)17-21(32)33)22(34)23-14-18-4-2-1-3-5-18;/h1-5H,6-17H2,(H,23,34)(H,28,29)(H,30,31)(H,32,33);. The summed E-state index contributed by atoms with van der Waals surface area (Å²) in [5.74, 6) is -3.03. The Hall–Kier alpha value is -1.90. The fourth-order valence-electron chi connectivity index (χ4n) is 3.67. The molecule has 196 valence electrons. The van der Waals surface area contributed by atoms with Gasteiger partial charge in [-0.2, -0.15) is 0 Å². The van der Waals surface area contributed by atoms with Crippen molar-refractivity contribution in [3.63, 3.8) is 0 Å². The van der Waals surface area contributed by atoms with Gasteiger partial charge in [-0.15, -0.1) is 0 Å². The number of carboxylic acid groups (broad SMARTS) is 3. The van der Waals surface area contributed by atoms with Crippen LogP contribution in [0.3, 0.4) is 0 Å². The summed E-state index contributed by atoms with van der Waals surface area (Å²) in [6.45, 7) is 1.92. The van der Waals surface area contributed by atoms with Crippen molar-refractivity contribution in [1.29, 1.82) is 0 Å². The average molecular weight is 637 g/mol. The topological polar surface area (TPSA) is 154 Å². The molecule has 0 bridgehead atoms. The molecular formula is C22H33GdN5O7. The monoisotopic (exact) mass is 637 g/mol. The molecule has 1 aliphatic rings. The van der Waals surface area contributed by atoms with E-state index in [-0.39, 0.29) is 91.8 Å². The number of hydrogen-bond donors (Lipinski definition) is 4. The van der Waals surface area contributed by atoms with Crippen LogP contribution in [-0.2, 0) is 20.9 Å². The van der Waals surface area contributed by atoms with E-state index in [4.69, 9.17) is 0 Å². The zero-order valence-electron chi connectivity index (χ0n) is 19.5. The van der Waals surface area contributed by atoms with Crippen LogP contribution in [0.2, 0.25) is 0 Å². The van der Waals surface area contributed by atoms with Crippen molar-refractivity contribution < 1.29 is 74.4 Å². The van der Waals surface area contributed by atoms with Gasteiger partial charge in [0.15, 0.2) is 0 Å². The molecule has 13 heteroatoms. The second kappa shape index (κ2) is 16.7. The van der Waals surface area contributed by atoms with E-state index in [1.807, 2.05) is 30.3 Å². The van der Waals surface area contributed by atoms with Gasteiger partial charge < -0.3 is 25.5 Å². The number of hydrogen-bond acceptors (Lipinski definition) is 7. The minimum absolute atomic E-state index is 0. The zero-order valence-corrected chi connectivity index (χ0v) is 21.8. The van der Waals surface area contributed by atoms with Crippen molar-refractivity contribution in [2.24, 2.45) is 0 Å². The first kappa shape index (κ1) is 31.1. The summed E-state index contributed by atoms with van der Waals surface area (Å²) < 4.78 is 0. The van der Waals surface area contributed by atoms with Gasteiger partial charge in [0.05, 0.1) is 19.6 Å². The van der Waals surface area contributed by atoms with Crippen LogP contribution in [0.25, 0.3) is 0 Å². The second-order valence-electron chi connectivity index (χ2n) is 8.14. The van der Waals surface area contributed by atoms with Crippen LogP contribution in [0.15, 0.2) is 30.3 Å². The number of carbonyl (C=O) groups excluding carboxylic acids is 1. The Labute approximate surface area is 236 Å². The van der Waals surface area contributed by atoms with Gasteiger partial charge in [0, 0.05) is 98.8 Å². The number of aliphatic carboxylic acids is 3.